The lowest BCUT2D eigenvalue weighted by molar-refractivity contribution is -0.120. The van der Waals surface area contributed by atoms with Gasteiger partial charge in [-0.25, -0.2) is 0 Å². The summed E-state index contributed by atoms with van der Waals surface area (Å²) in [7, 11) is 0. The van der Waals surface area contributed by atoms with Gasteiger partial charge < -0.3 is 10.6 Å². The van der Waals surface area contributed by atoms with Gasteiger partial charge in [0, 0.05) is 44.4 Å². The largest absolute Gasteiger partial charge is 0.332 e. The van der Waals surface area contributed by atoms with Crippen LogP contribution in [0.15, 0.2) is 60.4 Å². The van der Waals surface area contributed by atoms with E-state index in [0.29, 0.717) is 24.1 Å². The Bertz CT molecular complexity index is 1230. The van der Waals surface area contributed by atoms with Crippen LogP contribution in [0.5, 0.6) is 0 Å². The van der Waals surface area contributed by atoms with Gasteiger partial charge in [0.15, 0.2) is 0 Å². The van der Waals surface area contributed by atoms with Crippen LogP contribution in [0, 0.1) is 0 Å². The molecule has 2 aromatic heterocycles. The predicted octanol–water partition coefficient (Wildman–Crippen LogP) is 4.18. The van der Waals surface area contributed by atoms with Crippen molar-refractivity contribution in [2.75, 3.05) is 5.32 Å². The number of thiophene rings is 1. The Kier molecular flexibility index (Phi) is 3.95. The van der Waals surface area contributed by atoms with Gasteiger partial charge in [0.1, 0.15) is 0 Å². The Morgan fingerprint density at radius 1 is 1.11 bits per heavy atom. The van der Waals surface area contributed by atoms with E-state index in [-0.39, 0.29) is 11.8 Å². The molecule has 3 heterocycles. The Balaban J connectivity index is 1.54. The Morgan fingerprint density at radius 3 is 2.82 bits per heavy atom. The summed E-state index contributed by atoms with van der Waals surface area (Å²) < 4.78 is 1.21. The molecule has 0 aliphatic carbocycles. The van der Waals surface area contributed by atoms with E-state index >= 15 is 0 Å². The SMILES string of the molecule is O=C1CCC(C(=O)Nc2cc(-c3cc4ccccc4s3)c3[nH]ncc3c2)=CN1. The second kappa shape index (κ2) is 6.61. The molecule has 0 unspecified atom stereocenters. The number of nitrogens with one attached hydrogen (secondary N) is 3. The maximum atomic E-state index is 12.6. The molecule has 28 heavy (non-hydrogen) atoms. The van der Waals surface area contributed by atoms with Crippen LogP contribution in [-0.2, 0) is 9.59 Å². The lowest BCUT2D eigenvalue weighted by Crippen LogP contribution is -2.26. The first-order valence-corrected chi connectivity index (χ1v) is 9.75. The zero-order chi connectivity index (χ0) is 19.1. The van der Waals surface area contributed by atoms with Crippen LogP contribution >= 0.6 is 11.3 Å². The molecule has 0 fully saturated rings. The van der Waals surface area contributed by atoms with E-state index < -0.39 is 0 Å². The van der Waals surface area contributed by atoms with Crippen molar-refractivity contribution >= 4 is 49.8 Å². The molecule has 2 amide bonds. The molecule has 0 saturated carbocycles. The molecule has 7 heteroatoms. The fourth-order valence-electron chi connectivity index (χ4n) is 3.39. The van der Waals surface area contributed by atoms with E-state index in [1.165, 1.54) is 16.3 Å². The van der Waals surface area contributed by atoms with Crippen LogP contribution in [0.4, 0.5) is 5.69 Å². The number of H-pyrrole nitrogens is 1. The Morgan fingerprint density at radius 2 is 2.00 bits per heavy atom. The minimum absolute atomic E-state index is 0.0663. The zero-order valence-electron chi connectivity index (χ0n) is 14.8. The summed E-state index contributed by atoms with van der Waals surface area (Å²) in [6, 6.07) is 14.3. The number of rotatable bonds is 3. The van der Waals surface area contributed by atoms with E-state index in [2.05, 4.69) is 39.0 Å². The normalized spacial score (nSPS) is 14.1. The van der Waals surface area contributed by atoms with Gasteiger partial charge in [0.05, 0.1) is 11.7 Å². The maximum Gasteiger partial charge on any atom is 0.253 e. The van der Waals surface area contributed by atoms with Gasteiger partial charge in [0.2, 0.25) is 5.91 Å². The van der Waals surface area contributed by atoms with Crippen LogP contribution in [0.1, 0.15) is 12.8 Å². The summed E-state index contributed by atoms with van der Waals surface area (Å²) >= 11 is 1.71. The lowest BCUT2D eigenvalue weighted by atomic mass is 10.1. The molecule has 138 valence electrons. The number of amides is 2. The van der Waals surface area contributed by atoms with E-state index in [1.54, 1.807) is 17.5 Å². The van der Waals surface area contributed by atoms with Crippen LogP contribution in [0.3, 0.4) is 0 Å². The minimum atomic E-state index is -0.204. The highest BCUT2D eigenvalue weighted by atomic mass is 32.1. The fraction of sp³-hybridized carbons (Fsp3) is 0.0952. The number of aromatic amines is 1. The van der Waals surface area contributed by atoms with Crippen molar-refractivity contribution in [3.63, 3.8) is 0 Å². The second-order valence-electron chi connectivity index (χ2n) is 6.70. The summed E-state index contributed by atoms with van der Waals surface area (Å²) in [5, 5.41) is 14.9. The van der Waals surface area contributed by atoms with Crippen molar-refractivity contribution in [1.82, 2.24) is 15.5 Å². The van der Waals surface area contributed by atoms with Crippen molar-refractivity contribution in [3.8, 4) is 10.4 Å². The summed E-state index contributed by atoms with van der Waals surface area (Å²) in [6.45, 7) is 0. The van der Waals surface area contributed by atoms with Gasteiger partial charge in [-0.05, 0) is 36.1 Å². The maximum absolute atomic E-state index is 12.6. The Labute approximate surface area is 164 Å². The van der Waals surface area contributed by atoms with Gasteiger partial charge in [-0.3, -0.25) is 14.7 Å². The van der Waals surface area contributed by atoms with Crippen molar-refractivity contribution < 1.29 is 9.59 Å². The Hall–Kier alpha value is -3.45. The fourth-order valence-corrected chi connectivity index (χ4v) is 4.47. The molecular formula is C21H16N4O2S. The number of hydrogen-bond donors (Lipinski definition) is 3. The van der Waals surface area contributed by atoms with E-state index in [1.807, 2.05) is 24.3 Å². The average molecular weight is 388 g/mol. The average Bonchev–Trinajstić information content (AvgIpc) is 3.34. The van der Waals surface area contributed by atoms with Gasteiger partial charge >= 0.3 is 0 Å². The van der Waals surface area contributed by atoms with Crippen LogP contribution in [0.2, 0.25) is 0 Å². The van der Waals surface area contributed by atoms with Crippen LogP contribution in [-0.4, -0.2) is 22.0 Å². The number of carbonyl (C=O) groups excluding carboxylic acids is 2. The topological polar surface area (TPSA) is 86.9 Å². The van der Waals surface area contributed by atoms with Crippen LogP contribution in [0.25, 0.3) is 31.4 Å². The number of hydrogen-bond acceptors (Lipinski definition) is 4. The molecule has 1 aliphatic rings. The molecule has 2 aromatic carbocycles. The number of aromatic nitrogens is 2. The summed E-state index contributed by atoms with van der Waals surface area (Å²) in [6.07, 6.45) is 4.01. The predicted molar refractivity (Wildman–Crippen MR) is 111 cm³/mol. The number of fused-ring (bicyclic) bond motifs is 2. The molecular weight excluding hydrogens is 372 g/mol. The van der Waals surface area contributed by atoms with E-state index in [0.717, 1.165) is 21.3 Å². The molecule has 3 N–H and O–H groups in total. The number of nitrogens with zero attached hydrogens (tertiary/aromatic N) is 1. The number of anilines is 1. The highest BCUT2D eigenvalue weighted by Gasteiger charge is 2.18. The number of benzene rings is 2. The van der Waals surface area contributed by atoms with Gasteiger partial charge in [-0.1, -0.05) is 18.2 Å². The standard InChI is InChI=1S/C21H16N4O2S/c26-19-6-5-13(10-22-19)21(27)24-15-7-14-11-23-25-20(14)16(9-15)18-8-12-3-1-2-4-17(12)28-18/h1-4,7-11H,5-6H2,(H,22,26)(H,23,25)(H,24,27). The first-order valence-electron chi connectivity index (χ1n) is 8.93. The highest BCUT2D eigenvalue weighted by molar-refractivity contribution is 7.22. The third kappa shape index (κ3) is 2.95. The van der Waals surface area contributed by atoms with Crippen LogP contribution < -0.4 is 10.6 Å². The first kappa shape index (κ1) is 16.7. The molecule has 0 bridgehead atoms. The third-order valence-electron chi connectivity index (χ3n) is 4.82. The smallest absolute Gasteiger partial charge is 0.253 e. The quantitative estimate of drug-likeness (QED) is 0.492. The summed E-state index contributed by atoms with van der Waals surface area (Å²) in [5.41, 5.74) is 3.20. The third-order valence-corrected chi connectivity index (χ3v) is 5.97. The highest BCUT2D eigenvalue weighted by Crippen LogP contribution is 2.38. The monoisotopic (exact) mass is 388 g/mol. The lowest BCUT2D eigenvalue weighted by Gasteiger charge is -2.14. The van der Waals surface area contributed by atoms with E-state index in [9.17, 15) is 9.59 Å². The van der Waals surface area contributed by atoms with Gasteiger partial charge in [-0.15, -0.1) is 11.3 Å². The minimum Gasteiger partial charge on any atom is -0.332 e. The summed E-state index contributed by atoms with van der Waals surface area (Å²) in [5.74, 6) is -0.270. The molecule has 0 radical (unpaired) electrons. The summed E-state index contributed by atoms with van der Waals surface area (Å²) in [4.78, 5) is 25.0. The number of carbonyl (C=O) groups is 2. The van der Waals surface area contributed by atoms with Gasteiger partial charge in [-0.2, -0.15) is 5.10 Å². The van der Waals surface area contributed by atoms with Gasteiger partial charge in [0.25, 0.3) is 5.91 Å². The van der Waals surface area contributed by atoms with E-state index in [4.69, 9.17) is 0 Å². The van der Waals surface area contributed by atoms with Crippen molar-refractivity contribution in [1.29, 1.82) is 0 Å². The molecule has 4 aromatic rings. The zero-order valence-corrected chi connectivity index (χ0v) is 15.6. The molecule has 0 saturated heterocycles. The molecule has 6 nitrogen and oxygen atoms in total. The van der Waals surface area contributed by atoms with Crippen molar-refractivity contribution in [2.45, 2.75) is 12.8 Å². The van der Waals surface area contributed by atoms with Crippen molar-refractivity contribution in [3.05, 3.63) is 60.4 Å². The molecule has 1 aliphatic heterocycles. The second-order valence-corrected chi connectivity index (χ2v) is 7.78. The molecule has 0 spiro atoms. The molecule has 0 atom stereocenters. The first-order chi connectivity index (χ1) is 13.7. The van der Waals surface area contributed by atoms with Crippen molar-refractivity contribution in [2.24, 2.45) is 0 Å². The molecule has 5 rings (SSSR count).